The largest absolute Gasteiger partial charge is 0.550 e. The highest BCUT2D eigenvalue weighted by molar-refractivity contribution is 7.99. The van der Waals surface area contributed by atoms with E-state index in [4.69, 9.17) is 27.9 Å². The second kappa shape index (κ2) is 17.4. The summed E-state index contributed by atoms with van der Waals surface area (Å²) in [4.78, 5) is 20.5. The average molecular weight is 430 g/mol. The molecular formula is C17H39NO7SSi. The van der Waals surface area contributed by atoms with Crippen LogP contribution in [0.25, 0.3) is 0 Å². The quantitative estimate of drug-likeness (QED) is 0.185. The first kappa shape index (κ1) is 31.1. The van der Waals surface area contributed by atoms with Crippen molar-refractivity contribution in [3.63, 3.8) is 0 Å². The molecule has 8 nitrogen and oxygen atoms in total. The molecule has 0 bridgehead atoms. The fourth-order valence-corrected chi connectivity index (χ4v) is 4.55. The van der Waals surface area contributed by atoms with E-state index in [0.29, 0.717) is 13.0 Å². The van der Waals surface area contributed by atoms with Crippen LogP contribution in [0.1, 0.15) is 27.2 Å². The van der Waals surface area contributed by atoms with Crippen LogP contribution in [0.15, 0.2) is 0 Å². The minimum Gasteiger partial charge on any atom is -0.550 e. The first-order chi connectivity index (χ1) is 12.0. The van der Waals surface area contributed by atoms with Crippen LogP contribution in [0.4, 0.5) is 0 Å². The van der Waals surface area contributed by atoms with Crippen LogP contribution in [0.5, 0.6) is 0 Å². The van der Waals surface area contributed by atoms with Gasteiger partial charge in [-0.25, -0.2) is 0 Å². The second-order valence-electron chi connectivity index (χ2n) is 6.49. The summed E-state index contributed by atoms with van der Waals surface area (Å²) in [7, 11) is 8.66. The molecule has 0 aliphatic carbocycles. The Bertz CT molecular complexity index is 376. The Morgan fingerprint density at radius 1 is 1.04 bits per heavy atom. The number of thioether (sulfide) groups is 1. The number of hydrogen-bond acceptors (Lipinski definition) is 8. The highest BCUT2D eigenvalue weighted by atomic mass is 32.2. The van der Waals surface area contributed by atoms with Gasteiger partial charge in [0.25, 0.3) is 0 Å². The van der Waals surface area contributed by atoms with Crippen molar-refractivity contribution in [1.29, 1.82) is 0 Å². The Morgan fingerprint density at radius 3 is 1.93 bits per heavy atom. The third kappa shape index (κ3) is 21.5. The summed E-state index contributed by atoms with van der Waals surface area (Å²) in [6.45, 7) is 2.29. The lowest BCUT2D eigenvalue weighted by molar-refractivity contribution is -0.870. The molecule has 0 aromatic rings. The monoisotopic (exact) mass is 429 g/mol. The predicted molar refractivity (Wildman–Crippen MR) is 109 cm³/mol. The van der Waals surface area contributed by atoms with Gasteiger partial charge < -0.3 is 32.4 Å². The van der Waals surface area contributed by atoms with Crippen molar-refractivity contribution >= 4 is 32.5 Å². The van der Waals surface area contributed by atoms with Gasteiger partial charge in [0, 0.05) is 39.1 Å². The van der Waals surface area contributed by atoms with Gasteiger partial charge >= 0.3 is 14.8 Å². The van der Waals surface area contributed by atoms with Crippen LogP contribution in [0, 0.1) is 0 Å². The van der Waals surface area contributed by atoms with Crippen LogP contribution in [0.3, 0.4) is 0 Å². The smallest absolute Gasteiger partial charge is 0.500 e. The van der Waals surface area contributed by atoms with Gasteiger partial charge in [0.2, 0.25) is 0 Å². The lowest BCUT2D eigenvalue weighted by atomic mass is 10.5. The fraction of sp³-hybridized carbons (Fsp3) is 0.882. The number of carboxylic acid groups (broad SMARTS) is 1. The third-order valence-corrected chi connectivity index (χ3v) is 7.08. The van der Waals surface area contributed by atoms with E-state index < -0.39 is 14.8 Å². The summed E-state index contributed by atoms with van der Waals surface area (Å²) in [6.07, 6.45) is 1.41. The van der Waals surface area contributed by atoms with Crippen LogP contribution >= 0.6 is 11.8 Å². The van der Waals surface area contributed by atoms with Gasteiger partial charge in [-0.15, -0.1) is 0 Å². The topological polar surface area (TPSA) is 94.1 Å². The summed E-state index contributed by atoms with van der Waals surface area (Å²) in [6, 6.07) is 0.789. The number of likely N-dealkylation sites (N-methyl/N-ethyl adjacent to an activating group) is 1. The summed E-state index contributed by atoms with van der Waals surface area (Å²) in [5.41, 5.74) is 0. The maximum absolute atomic E-state index is 11.6. The molecule has 27 heavy (non-hydrogen) atoms. The van der Waals surface area contributed by atoms with Crippen molar-refractivity contribution in [2.45, 2.75) is 33.2 Å². The van der Waals surface area contributed by atoms with Crippen LogP contribution in [-0.4, -0.2) is 92.4 Å². The van der Waals surface area contributed by atoms with Crippen LogP contribution in [-0.2, 0) is 27.6 Å². The average Bonchev–Trinajstić information content (AvgIpc) is 2.53. The molecule has 0 N–H and O–H groups in total. The molecule has 0 aromatic carbocycles. The van der Waals surface area contributed by atoms with Crippen molar-refractivity contribution < 1.29 is 37.2 Å². The SMILES string of the molecule is C.CC(=O)[O-].CO[Si](CCCSCCC(=O)OCC[N+](C)(C)C)(OC)OC. The Labute approximate surface area is 170 Å². The molecule has 0 spiro atoms. The van der Waals surface area contributed by atoms with E-state index in [1.54, 1.807) is 33.1 Å². The van der Waals surface area contributed by atoms with E-state index in [-0.39, 0.29) is 13.4 Å². The Balaban J connectivity index is -0.00000104. The minimum absolute atomic E-state index is 0. The lowest BCUT2D eigenvalue weighted by Gasteiger charge is -2.24. The van der Waals surface area contributed by atoms with Gasteiger partial charge in [0.05, 0.1) is 27.6 Å². The van der Waals surface area contributed by atoms with Crippen molar-refractivity contribution in [2.75, 3.05) is 67.1 Å². The minimum atomic E-state index is -2.44. The standard InChI is InChI=1S/C14H32NO5SSi.C2H4O2.CH4/c1-15(2,3)9-10-20-14(16)8-12-21-11-7-13-22(17-4,18-5)19-6;1-2(3)4;/h7-13H2,1-6H3;1H3,(H,3,4);1H4/q+1;;/p-1. The van der Waals surface area contributed by atoms with Crippen molar-refractivity contribution in [3.05, 3.63) is 0 Å². The molecule has 0 unspecified atom stereocenters. The predicted octanol–water partition coefficient (Wildman–Crippen LogP) is 1.02. The number of carbonyl (C=O) groups is 2. The molecule has 0 saturated carbocycles. The number of nitrogens with zero attached hydrogens (tertiary/aromatic N) is 1. The zero-order chi connectivity index (χ0) is 20.6. The molecule has 164 valence electrons. The summed E-state index contributed by atoms with van der Waals surface area (Å²) < 4.78 is 22.1. The number of ether oxygens (including phenoxy) is 1. The van der Waals surface area contributed by atoms with Gasteiger partial charge in [-0.1, -0.05) is 7.43 Å². The normalized spacial score (nSPS) is 11.1. The number of aliphatic carboxylic acids is 1. The molecule has 0 atom stereocenters. The van der Waals surface area contributed by atoms with Crippen LogP contribution in [0.2, 0.25) is 6.04 Å². The highest BCUT2D eigenvalue weighted by Gasteiger charge is 2.36. The van der Waals surface area contributed by atoms with Gasteiger partial charge in [-0.05, 0) is 19.1 Å². The van der Waals surface area contributed by atoms with Gasteiger partial charge in [0.1, 0.15) is 13.2 Å². The first-order valence-corrected chi connectivity index (χ1v) is 11.5. The first-order valence-electron chi connectivity index (χ1n) is 8.38. The molecule has 0 aliphatic rings. The maximum Gasteiger partial charge on any atom is 0.500 e. The van der Waals surface area contributed by atoms with E-state index in [1.165, 1.54) is 0 Å². The van der Waals surface area contributed by atoms with E-state index in [9.17, 15) is 4.79 Å². The number of carboxylic acids is 1. The molecule has 0 aromatic heterocycles. The summed E-state index contributed by atoms with van der Waals surface area (Å²) >= 11 is 1.74. The van der Waals surface area contributed by atoms with E-state index in [2.05, 4.69) is 21.1 Å². The zero-order valence-corrected chi connectivity index (χ0v) is 19.0. The number of hydrogen-bond donors (Lipinski definition) is 0. The number of carbonyl (C=O) groups excluding carboxylic acids is 2. The molecule has 0 heterocycles. The van der Waals surface area contributed by atoms with E-state index in [1.807, 2.05) is 0 Å². The maximum atomic E-state index is 11.6. The van der Waals surface area contributed by atoms with E-state index >= 15 is 0 Å². The summed E-state index contributed by atoms with van der Waals surface area (Å²) in [5, 5.41) is 8.89. The highest BCUT2D eigenvalue weighted by Crippen LogP contribution is 2.17. The van der Waals surface area contributed by atoms with Gasteiger partial charge in [-0.2, -0.15) is 11.8 Å². The number of esters is 1. The van der Waals surface area contributed by atoms with Gasteiger partial charge in [0.15, 0.2) is 0 Å². The molecule has 0 radical (unpaired) electrons. The molecule has 0 aliphatic heterocycles. The van der Waals surface area contributed by atoms with Crippen LogP contribution < -0.4 is 5.11 Å². The number of rotatable bonds is 13. The third-order valence-electron chi connectivity index (χ3n) is 3.18. The molecule has 0 fully saturated rings. The van der Waals surface area contributed by atoms with Crippen molar-refractivity contribution in [3.8, 4) is 0 Å². The Kier molecular flexibility index (Phi) is 20.1. The molecule has 0 saturated heterocycles. The lowest BCUT2D eigenvalue weighted by Crippen LogP contribution is -2.42. The second-order valence-corrected chi connectivity index (χ2v) is 10.8. The van der Waals surface area contributed by atoms with E-state index in [0.717, 1.165) is 41.9 Å². The Morgan fingerprint density at radius 2 is 1.52 bits per heavy atom. The molecule has 0 rings (SSSR count). The van der Waals surface area contributed by atoms with Gasteiger partial charge in [-0.3, -0.25) is 4.79 Å². The molecule has 10 heteroatoms. The molecule has 0 amide bonds. The Hall–Kier alpha value is -0.653. The number of quaternary nitrogens is 1. The van der Waals surface area contributed by atoms with Crippen molar-refractivity contribution in [2.24, 2.45) is 0 Å². The zero-order valence-electron chi connectivity index (χ0n) is 17.2. The van der Waals surface area contributed by atoms with Crippen molar-refractivity contribution in [1.82, 2.24) is 0 Å². The molecular weight excluding hydrogens is 390 g/mol. The fourth-order valence-electron chi connectivity index (χ4n) is 1.71. The summed E-state index contributed by atoms with van der Waals surface area (Å²) in [5.74, 6) is 0.539.